The summed E-state index contributed by atoms with van der Waals surface area (Å²) in [4.78, 5) is 0. The summed E-state index contributed by atoms with van der Waals surface area (Å²) in [6, 6.07) is 26.0. The van der Waals surface area contributed by atoms with Gasteiger partial charge in [0.1, 0.15) is 105 Å². The van der Waals surface area contributed by atoms with Gasteiger partial charge in [-0.15, -0.1) is 0 Å². The highest BCUT2D eigenvalue weighted by molar-refractivity contribution is 5.73. The molecule has 4 unspecified atom stereocenters. The van der Waals surface area contributed by atoms with Crippen LogP contribution in [0.5, 0.6) is 34.5 Å². The molecule has 3 heterocycles. The first-order chi connectivity index (χ1) is 35.5. The minimum Gasteiger partial charge on any atom is -0.490 e. The van der Waals surface area contributed by atoms with Crippen molar-refractivity contribution in [1.29, 1.82) is 0 Å². The molecular weight excluding hydrogens is 933 g/mol. The Kier molecular flexibility index (Phi) is 16.3. The second-order valence-electron chi connectivity index (χ2n) is 21.0. The molecular formula is C63H74O11. The third-order valence-corrected chi connectivity index (χ3v) is 14.0. The van der Waals surface area contributed by atoms with Crippen molar-refractivity contribution in [1.82, 2.24) is 0 Å². The van der Waals surface area contributed by atoms with Gasteiger partial charge in [-0.25, -0.2) is 0 Å². The lowest BCUT2D eigenvalue weighted by Gasteiger charge is -2.24. The second-order valence-corrected chi connectivity index (χ2v) is 21.0. The summed E-state index contributed by atoms with van der Waals surface area (Å²) < 4.78 is 60.6. The molecule has 11 nitrogen and oxygen atoms in total. The molecule has 6 aromatic carbocycles. The molecule has 1 N–H and O–H groups in total. The van der Waals surface area contributed by atoms with Crippen LogP contribution < -0.4 is 28.4 Å². The number of aliphatic hydroxyl groups is 1. The van der Waals surface area contributed by atoms with Crippen molar-refractivity contribution in [2.75, 3.05) is 66.1 Å². The summed E-state index contributed by atoms with van der Waals surface area (Å²) in [6.45, 7) is 29.3. The maximum absolute atomic E-state index is 11.4. The van der Waals surface area contributed by atoms with Crippen LogP contribution in [0.25, 0.3) is 33.4 Å². The van der Waals surface area contributed by atoms with Crippen molar-refractivity contribution in [3.8, 4) is 67.9 Å². The van der Waals surface area contributed by atoms with Gasteiger partial charge in [0.2, 0.25) is 0 Å². The Morgan fingerprint density at radius 2 is 0.541 bits per heavy atom. The molecule has 0 amide bonds. The molecule has 0 radical (unpaired) electrons. The van der Waals surface area contributed by atoms with E-state index in [-0.39, 0.29) is 44.7 Å². The maximum Gasteiger partial charge on any atom is 0.125 e. The highest BCUT2D eigenvalue weighted by atomic mass is 16.6. The van der Waals surface area contributed by atoms with Gasteiger partial charge >= 0.3 is 0 Å². The number of aliphatic hydroxyl groups excluding tert-OH is 1. The largest absolute Gasteiger partial charge is 0.490 e. The summed E-state index contributed by atoms with van der Waals surface area (Å²) >= 11 is 0. The summed E-state index contributed by atoms with van der Waals surface area (Å²) in [5.41, 5.74) is 19.2. The van der Waals surface area contributed by atoms with E-state index in [9.17, 15) is 5.11 Å². The zero-order valence-electron chi connectivity index (χ0n) is 45.4. The number of ether oxygens (including phenoxy) is 10. The summed E-state index contributed by atoms with van der Waals surface area (Å²) in [5.74, 6) is 5.07. The Labute approximate surface area is 437 Å². The SMILES string of the molecule is Cc1cc(-c2cc(C)c(OCC3CO3)c(C)c2)cc(C)c1OCC(O)COC(COc1c(C)cc(-c2cc(C)c(OCC3CO3)c(C)c2)cc1C)COc1c(C)cc(-c2cc(C)c(OCC3CO3)c(C)c2)cc1C. The molecule has 3 saturated heterocycles. The fourth-order valence-corrected chi connectivity index (χ4v) is 10.1. The van der Waals surface area contributed by atoms with E-state index in [4.69, 9.17) is 47.4 Å². The number of epoxide rings is 3. The predicted molar refractivity (Wildman–Crippen MR) is 290 cm³/mol. The minimum absolute atomic E-state index is 0.0133. The first kappa shape index (κ1) is 52.8. The Bertz CT molecular complexity index is 2730. The quantitative estimate of drug-likeness (QED) is 0.0583. The fourth-order valence-electron chi connectivity index (χ4n) is 10.1. The van der Waals surface area contributed by atoms with Crippen LogP contribution in [0.2, 0.25) is 0 Å². The number of benzene rings is 6. The first-order valence-electron chi connectivity index (χ1n) is 26.1. The van der Waals surface area contributed by atoms with Crippen LogP contribution in [-0.4, -0.2) is 102 Å². The third-order valence-electron chi connectivity index (χ3n) is 14.0. The molecule has 3 aliphatic heterocycles. The molecule has 11 heteroatoms. The maximum atomic E-state index is 11.4. The molecule has 74 heavy (non-hydrogen) atoms. The third kappa shape index (κ3) is 13.0. The van der Waals surface area contributed by atoms with E-state index < -0.39 is 12.2 Å². The lowest BCUT2D eigenvalue weighted by molar-refractivity contribution is -0.0541. The van der Waals surface area contributed by atoms with Crippen molar-refractivity contribution in [2.24, 2.45) is 0 Å². The first-order valence-corrected chi connectivity index (χ1v) is 26.1. The van der Waals surface area contributed by atoms with Gasteiger partial charge in [-0.2, -0.15) is 0 Å². The molecule has 0 aliphatic carbocycles. The molecule has 3 aliphatic rings. The van der Waals surface area contributed by atoms with Crippen LogP contribution in [-0.2, 0) is 18.9 Å². The highest BCUT2D eigenvalue weighted by Gasteiger charge is 2.27. The van der Waals surface area contributed by atoms with E-state index in [0.717, 1.165) is 154 Å². The number of hydrogen-bond acceptors (Lipinski definition) is 11. The second kappa shape index (κ2) is 22.8. The molecule has 0 saturated carbocycles. The van der Waals surface area contributed by atoms with E-state index in [0.29, 0.717) is 19.8 Å². The number of aryl methyl sites for hydroxylation is 12. The fraction of sp³-hybridized carbons (Fsp3) is 0.429. The molecule has 0 aromatic heterocycles. The normalized spacial score (nSPS) is 17.4. The summed E-state index contributed by atoms with van der Waals surface area (Å²) in [5, 5.41) is 11.4. The summed E-state index contributed by atoms with van der Waals surface area (Å²) in [7, 11) is 0. The zero-order chi connectivity index (χ0) is 52.4. The van der Waals surface area contributed by atoms with Gasteiger partial charge in [0, 0.05) is 0 Å². The smallest absolute Gasteiger partial charge is 0.125 e. The lowest BCUT2D eigenvalue weighted by atomic mass is 9.96. The van der Waals surface area contributed by atoms with Crippen LogP contribution in [0.4, 0.5) is 0 Å². The topological polar surface area (TPSA) is 122 Å². The van der Waals surface area contributed by atoms with Gasteiger partial charge < -0.3 is 52.5 Å². The van der Waals surface area contributed by atoms with Gasteiger partial charge in [-0.1, -0.05) is 0 Å². The Hall–Kier alpha value is -6.08. The molecule has 6 aromatic rings. The van der Waals surface area contributed by atoms with Gasteiger partial charge in [-0.05, 0) is 256 Å². The van der Waals surface area contributed by atoms with Crippen LogP contribution in [0, 0.1) is 83.1 Å². The van der Waals surface area contributed by atoms with Crippen LogP contribution in [0.1, 0.15) is 66.8 Å². The molecule has 392 valence electrons. The van der Waals surface area contributed by atoms with Crippen LogP contribution in [0.15, 0.2) is 72.8 Å². The van der Waals surface area contributed by atoms with E-state index in [2.05, 4.69) is 142 Å². The van der Waals surface area contributed by atoms with Gasteiger partial charge in [0.25, 0.3) is 0 Å². The van der Waals surface area contributed by atoms with Gasteiger partial charge in [-0.3, -0.25) is 0 Å². The Morgan fingerprint density at radius 1 is 0.338 bits per heavy atom. The van der Waals surface area contributed by atoms with Crippen molar-refractivity contribution >= 4 is 0 Å². The zero-order valence-corrected chi connectivity index (χ0v) is 45.4. The van der Waals surface area contributed by atoms with Crippen molar-refractivity contribution in [2.45, 2.75) is 114 Å². The van der Waals surface area contributed by atoms with E-state index in [1.807, 2.05) is 13.8 Å². The van der Waals surface area contributed by atoms with Crippen molar-refractivity contribution in [3.05, 3.63) is 140 Å². The number of hydrogen-bond donors (Lipinski definition) is 1. The van der Waals surface area contributed by atoms with Crippen LogP contribution in [0.3, 0.4) is 0 Å². The van der Waals surface area contributed by atoms with Gasteiger partial charge in [0.15, 0.2) is 0 Å². The summed E-state index contributed by atoms with van der Waals surface area (Å²) in [6.07, 6.45) is -0.866. The highest BCUT2D eigenvalue weighted by Crippen LogP contribution is 2.38. The standard InChI is InChI=1S/C63H74O11/c1-35-13-47(48-15-37(3)59(38(4)16-48)70-30-54-27-66-54)14-36(2)58(35)69-26-53(64)25-65-57(33-73-62-43(9)21-51(22-44(62)10)49-17-39(5)60(40(6)18-49)71-31-55-28-67-55)34-74-63-45(11)23-52(24-46(63)12)50-19-41(7)61(42(8)20-50)72-32-56-29-68-56/h13-24,53-57,64H,25-34H2,1-12H3. The molecule has 4 atom stereocenters. The lowest BCUT2D eigenvalue weighted by Crippen LogP contribution is -2.34. The van der Waals surface area contributed by atoms with Gasteiger partial charge in [0.05, 0.1) is 26.4 Å². The average Bonchev–Trinajstić information content (AvgIpc) is 4.18. The number of rotatable bonds is 24. The van der Waals surface area contributed by atoms with E-state index in [1.165, 1.54) is 0 Å². The minimum atomic E-state index is -0.920. The van der Waals surface area contributed by atoms with Crippen molar-refractivity contribution < 1.29 is 52.5 Å². The monoisotopic (exact) mass is 1010 g/mol. The van der Waals surface area contributed by atoms with E-state index >= 15 is 0 Å². The van der Waals surface area contributed by atoms with Crippen molar-refractivity contribution in [3.63, 3.8) is 0 Å². The van der Waals surface area contributed by atoms with Crippen LogP contribution >= 0.6 is 0 Å². The molecule has 0 bridgehead atoms. The molecule has 0 spiro atoms. The Balaban J connectivity index is 0.882. The predicted octanol–water partition coefficient (Wildman–Crippen LogP) is 12.0. The molecule has 9 rings (SSSR count). The molecule has 3 fully saturated rings. The Morgan fingerprint density at radius 3 is 0.757 bits per heavy atom. The average molecular weight is 1010 g/mol. The van der Waals surface area contributed by atoms with E-state index in [1.54, 1.807) is 0 Å².